The van der Waals surface area contributed by atoms with Crippen LogP contribution in [0.25, 0.3) is 0 Å². The average molecular weight is 352 g/mol. The van der Waals surface area contributed by atoms with Crippen molar-refractivity contribution in [3.8, 4) is 0 Å². The van der Waals surface area contributed by atoms with Crippen LogP contribution >= 0.6 is 0 Å². The largest absolute Gasteiger partial charge is 0.340 e. The van der Waals surface area contributed by atoms with Gasteiger partial charge in [0, 0.05) is 30.7 Å². The van der Waals surface area contributed by atoms with Crippen LogP contribution < -0.4 is 10.2 Å². The number of carbonyl (C=O) groups excluding carboxylic acids is 1. The second-order valence-corrected chi connectivity index (χ2v) is 6.93. The van der Waals surface area contributed by atoms with Gasteiger partial charge in [-0.1, -0.05) is 32.0 Å². The molecule has 2 aromatic rings. The molecule has 1 aromatic heterocycles. The van der Waals surface area contributed by atoms with Crippen molar-refractivity contribution in [1.82, 2.24) is 9.97 Å². The highest BCUT2D eigenvalue weighted by atomic mass is 16.1. The average Bonchev–Trinajstić information content (AvgIpc) is 2.68. The molecule has 0 radical (unpaired) electrons. The Labute approximate surface area is 155 Å². The number of aryl methyl sites for hydroxylation is 3. The molecule has 3 rings (SSSR count). The van der Waals surface area contributed by atoms with Crippen LogP contribution in [0.4, 0.5) is 11.6 Å². The summed E-state index contributed by atoms with van der Waals surface area (Å²) in [5.41, 5.74) is 4.36. The predicted molar refractivity (Wildman–Crippen MR) is 106 cm³/mol. The molecule has 1 fully saturated rings. The summed E-state index contributed by atoms with van der Waals surface area (Å²) in [4.78, 5) is 24.0. The fourth-order valence-corrected chi connectivity index (χ4v) is 3.59. The van der Waals surface area contributed by atoms with Crippen molar-refractivity contribution in [1.29, 1.82) is 0 Å². The van der Waals surface area contributed by atoms with Crippen LogP contribution in [0.15, 0.2) is 30.5 Å². The third-order valence-electron chi connectivity index (χ3n) is 5.10. The summed E-state index contributed by atoms with van der Waals surface area (Å²) in [5.74, 6) is 0.797. The molecule has 0 aliphatic carbocycles. The lowest BCUT2D eigenvalue weighted by Gasteiger charge is -2.32. The van der Waals surface area contributed by atoms with E-state index in [0.29, 0.717) is 6.54 Å². The number of nitrogens with one attached hydrogen (secondary N) is 1. The number of anilines is 2. The van der Waals surface area contributed by atoms with E-state index in [4.69, 9.17) is 0 Å². The zero-order valence-electron chi connectivity index (χ0n) is 16.0. The number of para-hydroxylation sites is 1. The fourth-order valence-electron chi connectivity index (χ4n) is 3.59. The Kier molecular flexibility index (Phi) is 5.86. The molecule has 5 nitrogen and oxygen atoms in total. The monoisotopic (exact) mass is 352 g/mol. The molecule has 1 aliphatic heterocycles. The highest BCUT2D eigenvalue weighted by Crippen LogP contribution is 2.26. The Bertz CT molecular complexity index is 752. The second-order valence-electron chi connectivity index (χ2n) is 6.93. The van der Waals surface area contributed by atoms with Gasteiger partial charge >= 0.3 is 0 Å². The van der Waals surface area contributed by atoms with Gasteiger partial charge in [-0.25, -0.2) is 9.97 Å². The fraction of sp³-hybridized carbons (Fsp3) is 0.476. The Morgan fingerprint density at radius 2 is 1.96 bits per heavy atom. The van der Waals surface area contributed by atoms with Crippen molar-refractivity contribution in [2.45, 2.75) is 46.5 Å². The van der Waals surface area contributed by atoms with Crippen molar-refractivity contribution in [2.75, 3.05) is 23.3 Å². The lowest BCUT2D eigenvalue weighted by Crippen LogP contribution is -2.41. The number of hydrogen-bond donors (Lipinski definition) is 1. The molecule has 138 valence electrons. The van der Waals surface area contributed by atoms with Crippen LogP contribution in [0.1, 0.15) is 43.5 Å². The van der Waals surface area contributed by atoms with E-state index in [9.17, 15) is 4.79 Å². The molecular weight excluding hydrogens is 324 g/mol. The van der Waals surface area contributed by atoms with Crippen molar-refractivity contribution in [3.05, 3.63) is 47.3 Å². The molecule has 1 amide bonds. The number of aromatic nitrogens is 2. The van der Waals surface area contributed by atoms with Gasteiger partial charge in [0.25, 0.3) is 0 Å². The molecular formula is C21H28N4O. The molecule has 26 heavy (non-hydrogen) atoms. The van der Waals surface area contributed by atoms with Gasteiger partial charge in [0.05, 0.1) is 5.92 Å². The van der Waals surface area contributed by atoms with Gasteiger partial charge in [0.2, 0.25) is 11.9 Å². The molecule has 2 heterocycles. The van der Waals surface area contributed by atoms with E-state index in [2.05, 4.69) is 52.2 Å². The molecule has 1 aliphatic rings. The minimum atomic E-state index is -0.0394. The number of amides is 1. The van der Waals surface area contributed by atoms with Crippen LogP contribution in [0.2, 0.25) is 0 Å². The van der Waals surface area contributed by atoms with Crippen LogP contribution in [-0.2, 0) is 17.6 Å². The first-order chi connectivity index (χ1) is 12.6. The summed E-state index contributed by atoms with van der Waals surface area (Å²) in [6.07, 6.45) is 5.50. The van der Waals surface area contributed by atoms with Gasteiger partial charge in [0.15, 0.2) is 0 Å². The predicted octanol–water partition coefficient (Wildman–Crippen LogP) is 3.76. The van der Waals surface area contributed by atoms with Crippen molar-refractivity contribution >= 4 is 17.5 Å². The maximum Gasteiger partial charge on any atom is 0.229 e. The number of piperidine rings is 1. The standard InChI is InChI=1S/C21H28N4O/c1-4-16-8-6-9-17(5-2)19(16)24-20(26)18-10-7-13-25(14-18)21-22-12-11-15(3)23-21/h6,8-9,11-12,18H,4-5,7,10,13-14H2,1-3H3,(H,24,26). The molecule has 1 saturated heterocycles. The molecule has 1 N–H and O–H groups in total. The van der Waals surface area contributed by atoms with Gasteiger partial charge in [-0.2, -0.15) is 0 Å². The lowest BCUT2D eigenvalue weighted by atomic mass is 9.96. The van der Waals surface area contributed by atoms with Gasteiger partial charge in [-0.3, -0.25) is 4.79 Å². The molecule has 5 heteroatoms. The summed E-state index contributed by atoms with van der Waals surface area (Å²) in [6, 6.07) is 8.17. The van der Waals surface area contributed by atoms with Crippen LogP contribution in [0.3, 0.4) is 0 Å². The first kappa shape index (κ1) is 18.4. The molecule has 0 spiro atoms. The Morgan fingerprint density at radius 3 is 2.62 bits per heavy atom. The number of rotatable bonds is 5. The Balaban J connectivity index is 1.74. The van der Waals surface area contributed by atoms with Crippen LogP contribution in [-0.4, -0.2) is 29.0 Å². The van der Waals surface area contributed by atoms with E-state index in [1.165, 1.54) is 11.1 Å². The molecule has 1 atom stereocenters. The summed E-state index contributed by atoms with van der Waals surface area (Å²) in [7, 11) is 0. The van der Waals surface area contributed by atoms with Gasteiger partial charge in [-0.05, 0) is 49.8 Å². The van der Waals surface area contributed by atoms with Crippen LogP contribution in [0, 0.1) is 12.8 Å². The van der Waals surface area contributed by atoms with Crippen molar-refractivity contribution in [3.63, 3.8) is 0 Å². The number of nitrogens with zero attached hydrogens (tertiary/aromatic N) is 3. The maximum atomic E-state index is 13.0. The minimum Gasteiger partial charge on any atom is -0.340 e. The summed E-state index contributed by atoms with van der Waals surface area (Å²) in [5, 5.41) is 3.23. The number of carbonyl (C=O) groups is 1. The molecule has 1 aromatic carbocycles. The lowest BCUT2D eigenvalue weighted by molar-refractivity contribution is -0.120. The smallest absolute Gasteiger partial charge is 0.229 e. The first-order valence-corrected chi connectivity index (χ1v) is 9.58. The Morgan fingerprint density at radius 1 is 1.23 bits per heavy atom. The van der Waals surface area contributed by atoms with E-state index in [0.717, 1.165) is 49.6 Å². The highest BCUT2D eigenvalue weighted by Gasteiger charge is 2.28. The highest BCUT2D eigenvalue weighted by molar-refractivity contribution is 5.94. The topological polar surface area (TPSA) is 58.1 Å². The van der Waals surface area contributed by atoms with Gasteiger partial charge in [-0.15, -0.1) is 0 Å². The van der Waals surface area contributed by atoms with E-state index in [1.54, 1.807) is 6.20 Å². The van der Waals surface area contributed by atoms with E-state index < -0.39 is 0 Å². The first-order valence-electron chi connectivity index (χ1n) is 9.58. The molecule has 1 unspecified atom stereocenters. The van der Waals surface area contributed by atoms with E-state index >= 15 is 0 Å². The second kappa shape index (κ2) is 8.30. The summed E-state index contributed by atoms with van der Waals surface area (Å²) < 4.78 is 0. The quantitative estimate of drug-likeness (QED) is 0.890. The minimum absolute atomic E-state index is 0.0394. The molecule has 0 bridgehead atoms. The normalized spacial score (nSPS) is 17.2. The van der Waals surface area contributed by atoms with E-state index in [1.807, 2.05) is 13.0 Å². The summed E-state index contributed by atoms with van der Waals surface area (Å²) in [6.45, 7) is 7.79. The van der Waals surface area contributed by atoms with E-state index in [-0.39, 0.29) is 11.8 Å². The van der Waals surface area contributed by atoms with Crippen LogP contribution in [0.5, 0.6) is 0 Å². The summed E-state index contributed by atoms with van der Waals surface area (Å²) >= 11 is 0. The SMILES string of the molecule is CCc1cccc(CC)c1NC(=O)C1CCCN(c2nccc(C)n2)C1. The van der Waals surface area contributed by atoms with Gasteiger partial charge in [0.1, 0.15) is 0 Å². The zero-order valence-corrected chi connectivity index (χ0v) is 16.0. The number of benzene rings is 1. The van der Waals surface area contributed by atoms with Gasteiger partial charge < -0.3 is 10.2 Å². The molecule has 0 saturated carbocycles. The maximum absolute atomic E-state index is 13.0. The third-order valence-corrected chi connectivity index (χ3v) is 5.10. The Hall–Kier alpha value is -2.43. The number of hydrogen-bond acceptors (Lipinski definition) is 4. The third kappa shape index (κ3) is 4.03. The zero-order chi connectivity index (χ0) is 18.5. The van der Waals surface area contributed by atoms with Crippen molar-refractivity contribution < 1.29 is 4.79 Å². The van der Waals surface area contributed by atoms with Crippen molar-refractivity contribution in [2.24, 2.45) is 5.92 Å².